The third-order valence-electron chi connectivity index (χ3n) is 7.87. The molecular formula is C28H41N7S. The van der Waals surface area contributed by atoms with Crippen molar-refractivity contribution >= 4 is 40.6 Å². The maximum atomic E-state index is 5.64. The van der Waals surface area contributed by atoms with Crippen LogP contribution in [0.15, 0.2) is 30.3 Å². The fourth-order valence-corrected chi connectivity index (χ4v) is 5.73. The van der Waals surface area contributed by atoms with Crippen molar-refractivity contribution in [2.75, 3.05) is 59.3 Å². The highest BCUT2D eigenvalue weighted by Gasteiger charge is 2.23. The van der Waals surface area contributed by atoms with Crippen LogP contribution < -0.4 is 25.3 Å². The smallest absolute Gasteiger partial charge is 0.232 e. The van der Waals surface area contributed by atoms with E-state index in [0.29, 0.717) is 23.5 Å². The van der Waals surface area contributed by atoms with Gasteiger partial charge in [0.15, 0.2) is 5.11 Å². The van der Waals surface area contributed by atoms with Crippen LogP contribution in [0.25, 0.3) is 0 Å². The zero-order valence-corrected chi connectivity index (χ0v) is 22.7. The molecule has 8 heteroatoms. The van der Waals surface area contributed by atoms with Crippen LogP contribution in [0.2, 0.25) is 0 Å². The van der Waals surface area contributed by atoms with Gasteiger partial charge in [-0.3, -0.25) is 0 Å². The van der Waals surface area contributed by atoms with E-state index in [1.165, 1.54) is 62.9 Å². The van der Waals surface area contributed by atoms with Gasteiger partial charge in [0.05, 0.1) is 0 Å². The minimum absolute atomic E-state index is 0.556. The first-order valence-corrected chi connectivity index (χ1v) is 14.2. The molecule has 3 fully saturated rings. The van der Waals surface area contributed by atoms with E-state index in [4.69, 9.17) is 22.2 Å². The Bertz CT molecular complexity index is 1010. The molecule has 4 heterocycles. The highest BCUT2D eigenvalue weighted by molar-refractivity contribution is 7.80. The maximum absolute atomic E-state index is 5.64. The molecule has 3 aliphatic heterocycles. The van der Waals surface area contributed by atoms with E-state index < -0.39 is 0 Å². The fourth-order valence-electron chi connectivity index (χ4n) is 5.57. The quantitative estimate of drug-likeness (QED) is 0.528. The van der Waals surface area contributed by atoms with Gasteiger partial charge in [-0.15, -0.1) is 0 Å². The third-order valence-corrected chi connectivity index (χ3v) is 8.12. The molecule has 7 nitrogen and oxygen atoms in total. The van der Waals surface area contributed by atoms with Crippen LogP contribution in [0.1, 0.15) is 57.9 Å². The van der Waals surface area contributed by atoms with Gasteiger partial charge in [-0.05, 0) is 80.3 Å². The number of thiocarbonyl (C=S) groups is 1. The molecule has 194 valence electrons. The molecule has 0 amide bonds. The van der Waals surface area contributed by atoms with Gasteiger partial charge in [0.25, 0.3) is 0 Å². The molecule has 3 saturated heterocycles. The summed E-state index contributed by atoms with van der Waals surface area (Å²) < 4.78 is 0. The van der Waals surface area contributed by atoms with Crippen molar-refractivity contribution in [1.82, 2.24) is 15.3 Å². The number of nitrogens with one attached hydrogen (secondary N) is 2. The van der Waals surface area contributed by atoms with Gasteiger partial charge in [0.1, 0.15) is 11.6 Å². The molecule has 36 heavy (non-hydrogen) atoms. The molecule has 2 N–H and O–H groups in total. The van der Waals surface area contributed by atoms with Gasteiger partial charge in [0.2, 0.25) is 5.95 Å². The zero-order valence-electron chi connectivity index (χ0n) is 21.9. The SMILES string of the molecule is CC1CCN(c2cc(N3CCC[C@@H](C)C3)nc(NC(=S)NCc3ccc(N4CCCC4)cc3)n2)CC1. The highest BCUT2D eigenvalue weighted by Crippen LogP contribution is 2.28. The molecule has 0 aliphatic carbocycles. The van der Waals surface area contributed by atoms with Gasteiger partial charge < -0.3 is 25.3 Å². The van der Waals surface area contributed by atoms with Crippen molar-refractivity contribution in [3.8, 4) is 0 Å². The lowest BCUT2D eigenvalue weighted by atomic mass is 9.99. The molecule has 2 aromatic rings. The molecule has 1 atom stereocenters. The van der Waals surface area contributed by atoms with Gasteiger partial charge in [-0.25, -0.2) is 0 Å². The Hall–Kier alpha value is -2.61. The van der Waals surface area contributed by atoms with Crippen molar-refractivity contribution in [2.45, 2.75) is 58.9 Å². The third kappa shape index (κ3) is 6.38. The van der Waals surface area contributed by atoms with Crippen molar-refractivity contribution in [1.29, 1.82) is 0 Å². The van der Waals surface area contributed by atoms with Crippen LogP contribution in [0.5, 0.6) is 0 Å². The Balaban J connectivity index is 1.25. The molecule has 1 aromatic carbocycles. The molecule has 3 aliphatic rings. The predicted octanol–water partition coefficient (Wildman–Crippen LogP) is 5.04. The number of anilines is 4. The molecule has 5 rings (SSSR count). The molecule has 0 saturated carbocycles. The second-order valence-corrected chi connectivity index (χ2v) is 11.3. The van der Waals surface area contributed by atoms with Crippen LogP contribution in [-0.2, 0) is 6.54 Å². The summed E-state index contributed by atoms with van der Waals surface area (Å²) >= 11 is 5.64. The van der Waals surface area contributed by atoms with E-state index in [2.05, 4.69) is 69.5 Å². The number of aromatic nitrogens is 2. The van der Waals surface area contributed by atoms with E-state index in [1.807, 2.05) is 0 Å². The van der Waals surface area contributed by atoms with E-state index in [0.717, 1.165) is 43.7 Å². The molecule has 0 radical (unpaired) electrons. The van der Waals surface area contributed by atoms with Crippen LogP contribution in [0.4, 0.5) is 23.3 Å². The average Bonchev–Trinajstić information content (AvgIpc) is 3.43. The molecular weight excluding hydrogens is 466 g/mol. The number of piperidine rings is 2. The largest absolute Gasteiger partial charge is 0.372 e. The number of nitrogens with zero attached hydrogens (tertiary/aromatic N) is 5. The van der Waals surface area contributed by atoms with Crippen molar-refractivity contribution in [3.63, 3.8) is 0 Å². The van der Waals surface area contributed by atoms with Crippen molar-refractivity contribution < 1.29 is 0 Å². The van der Waals surface area contributed by atoms with Gasteiger partial charge >= 0.3 is 0 Å². The average molecular weight is 508 g/mol. The van der Waals surface area contributed by atoms with E-state index in [-0.39, 0.29) is 0 Å². The minimum atomic E-state index is 0.556. The Labute approximate surface area is 221 Å². The lowest BCUT2D eigenvalue weighted by Gasteiger charge is -2.34. The number of rotatable bonds is 6. The first-order valence-electron chi connectivity index (χ1n) is 13.8. The van der Waals surface area contributed by atoms with Gasteiger partial charge in [0, 0.05) is 57.6 Å². The Morgan fingerprint density at radius 3 is 2.19 bits per heavy atom. The molecule has 0 spiro atoms. The van der Waals surface area contributed by atoms with Gasteiger partial charge in [-0.1, -0.05) is 26.0 Å². The summed E-state index contributed by atoms with van der Waals surface area (Å²) in [5.74, 6) is 4.07. The summed E-state index contributed by atoms with van der Waals surface area (Å²) in [5.41, 5.74) is 2.52. The second kappa shape index (κ2) is 11.6. The maximum Gasteiger partial charge on any atom is 0.232 e. The normalized spacial score (nSPS) is 21.1. The molecule has 1 aromatic heterocycles. The summed E-state index contributed by atoms with van der Waals surface area (Å²) in [6, 6.07) is 11.0. The zero-order chi connectivity index (χ0) is 24.9. The lowest BCUT2D eigenvalue weighted by molar-refractivity contribution is 0.435. The predicted molar refractivity (Wildman–Crippen MR) is 154 cm³/mol. The molecule has 0 unspecified atom stereocenters. The Morgan fingerprint density at radius 2 is 1.50 bits per heavy atom. The number of benzene rings is 1. The van der Waals surface area contributed by atoms with Crippen LogP contribution >= 0.6 is 12.2 Å². The summed E-state index contributed by atoms with van der Waals surface area (Å²) in [6.07, 6.45) is 7.50. The van der Waals surface area contributed by atoms with Crippen molar-refractivity contribution in [2.24, 2.45) is 11.8 Å². The first-order chi connectivity index (χ1) is 17.5. The van der Waals surface area contributed by atoms with Gasteiger partial charge in [-0.2, -0.15) is 9.97 Å². The van der Waals surface area contributed by atoms with E-state index >= 15 is 0 Å². The highest BCUT2D eigenvalue weighted by atomic mass is 32.1. The van der Waals surface area contributed by atoms with Crippen molar-refractivity contribution in [3.05, 3.63) is 35.9 Å². The van der Waals surface area contributed by atoms with E-state index in [9.17, 15) is 0 Å². The minimum Gasteiger partial charge on any atom is -0.372 e. The van der Waals surface area contributed by atoms with Crippen LogP contribution in [0, 0.1) is 11.8 Å². The Kier molecular flexibility index (Phi) is 8.09. The van der Waals surface area contributed by atoms with Crippen LogP contribution in [0.3, 0.4) is 0 Å². The number of hydrogen-bond acceptors (Lipinski definition) is 6. The summed E-state index contributed by atoms with van der Waals surface area (Å²) in [5, 5.41) is 7.19. The lowest BCUT2D eigenvalue weighted by Crippen LogP contribution is -2.37. The fraction of sp³-hybridized carbons (Fsp3) is 0.607. The second-order valence-electron chi connectivity index (χ2n) is 10.9. The summed E-state index contributed by atoms with van der Waals surface area (Å²) in [6.45, 7) is 11.9. The Morgan fingerprint density at radius 1 is 0.833 bits per heavy atom. The van der Waals surface area contributed by atoms with Crippen LogP contribution in [-0.4, -0.2) is 54.3 Å². The molecule has 0 bridgehead atoms. The summed E-state index contributed by atoms with van der Waals surface area (Å²) in [7, 11) is 0. The monoisotopic (exact) mass is 507 g/mol. The standard InChI is InChI=1S/C28H41N7S/c1-21-11-16-34(17-12-21)25-18-26(35-15-5-6-22(2)20-35)31-27(30-25)32-28(36)29-19-23-7-9-24(10-8-23)33-13-3-4-14-33/h7-10,18,21-22H,3-6,11-17,19-20H2,1-2H3,(H2,29,30,31,32,36)/t22-/m1/s1. The van der Waals surface area contributed by atoms with E-state index in [1.54, 1.807) is 0 Å². The summed E-state index contributed by atoms with van der Waals surface area (Å²) in [4.78, 5) is 17.1. The first kappa shape index (κ1) is 25.1. The topological polar surface area (TPSA) is 59.6 Å². The number of hydrogen-bond donors (Lipinski definition) is 2.